The quantitative estimate of drug-likeness (QED) is 0.636. The van der Waals surface area contributed by atoms with E-state index >= 15 is 0 Å². The lowest BCUT2D eigenvalue weighted by molar-refractivity contribution is -0.150. The largest absolute Gasteiger partial charge is 0.455 e. The molecule has 4 rings (SSSR count). The van der Waals surface area contributed by atoms with Crippen LogP contribution in [0.1, 0.15) is 35.0 Å². The summed E-state index contributed by atoms with van der Waals surface area (Å²) in [7, 11) is 0. The van der Waals surface area contributed by atoms with Crippen LogP contribution < -0.4 is 5.32 Å². The summed E-state index contributed by atoms with van der Waals surface area (Å²) in [4.78, 5) is 28.8. The smallest absolute Gasteiger partial charge is 0.315 e. The van der Waals surface area contributed by atoms with Crippen LogP contribution in [0.5, 0.6) is 0 Å². The number of thiazole rings is 1. The second-order valence-electron chi connectivity index (χ2n) is 6.54. The van der Waals surface area contributed by atoms with Gasteiger partial charge in [0.2, 0.25) is 0 Å². The summed E-state index contributed by atoms with van der Waals surface area (Å²) in [5.41, 5.74) is 2.86. The predicted molar refractivity (Wildman–Crippen MR) is 102 cm³/mol. The molecule has 3 aromatic rings. The number of H-pyrrole nitrogens is 1. The fourth-order valence-corrected chi connectivity index (χ4v) is 4.29. The van der Waals surface area contributed by atoms with Crippen molar-refractivity contribution in [2.24, 2.45) is 0 Å². The van der Waals surface area contributed by atoms with E-state index in [2.05, 4.69) is 20.5 Å². The van der Waals surface area contributed by atoms with E-state index in [9.17, 15) is 9.59 Å². The number of benzene rings is 1. The number of hydrogen-bond donors (Lipinski definition) is 2. The molecule has 1 atom stereocenters. The summed E-state index contributed by atoms with van der Waals surface area (Å²) in [6.45, 7) is 0.197. The van der Waals surface area contributed by atoms with Gasteiger partial charge in [-0.25, -0.2) is 4.98 Å². The number of amides is 1. The van der Waals surface area contributed by atoms with Gasteiger partial charge in [-0.1, -0.05) is 12.1 Å². The number of para-hydroxylation sites is 1. The van der Waals surface area contributed by atoms with Crippen LogP contribution in [0.25, 0.3) is 10.2 Å². The third-order valence-corrected chi connectivity index (χ3v) is 5.76. The third kappa shape index (κ3) is 4.00. The molecule has 0 bridgehead atoms. The van der Waals surface area contributed by atoms with Crippen LogP contribution in [-0.2, 0) is 27.2 Å². The van der Waals surface area contributed by atoms with Gasteiger partial charge in [0.25, 0.3) is 5.91 Å². The molecule has 2 aromatic heterocycles. The fourth-order valence-electron chi connectivity index (χ4n) is 3.32. The number of carbonyl (C=O) groups is 2. The number of aryl methyl sites for hydroxylation is 1. The Kier molecular flexibility index (Phi) is 5.15. The van der Waals surface area contributed by atoms with E-state index < -0.39 is 0 Å². The second kappa shape index (κ2) is 7.87. The van der Waals surface area contributed by atoms with Gasteiger partial charge >= 0.3 is 5.97 Å². The van der Waals surface area contributed by atoms with Crippen molar-refractivity contribution >= 4 is 33.4 Å². The van der Waals surface area contributed by atoms with Crippen LogP contribution in [0.3, 0.4) is 0 Å². The molecule has 2 heterocycles. The molecular weight excluding hydrogens is 364 g/mol. The molecule has 1 amide bonds. The SMILES string of the molecule is O=C(COC(=O)C1CCCc2cn[nH]c21)NCCc1nc2ccccc2s1. The topological polar surface area (TPSA) is 97.0 Å². The molecule has 0 aliphatic heterocycles. The first-order chi connectivity index (χ1) is 13.2. The lowest BCUT2D eigenvalue weighted by Gasteiger charge is -2.20. The van der Waals surface area contributed by atoms with E-state index in [1.165, 1.54) is 0 Å². The Morgan fingerprint density at radius 3 is 3.11 bits per heavy atom. The highest BCUT2D eigenvalue weighted by atomic mass is 32.1. The van der Waals surface area contributed by atoms with Crippen LogP contribution in [0.15, 0.2) is 30.5 Å². The number of aromatic nitrogens is 3. The van der Waals surface area contributed by atoms with Crippen molar-refractivity contribution < 1.29 is 14.3 Å². The Labute approximate surface area is 160 Å². The van der Waals surface area contributed by atoms with Gasteiger partial charge in [-0.3, -0.25) is 14.7 Å². The maximum absolute atomic E-state index is 12.3. The number of aromatic amines is 1. The molecule has 7 nitrogen and oxygen atoms in total. The minimum Gasteiger partial charge on any atom is -0.455 e. The maximum atomic E-state index is 12.3. The second-order valence-corrected chi connectivity index (χ2v) is 7.65. The van der Waals surface area contributed by atoms with E-state index in [0.29, 0.717) is 19.4 Å². The van der Waals surface area contributed by atoms with Gasteiger partial charge in [-0.15, -0.1) is 11.3 Å². The Bertz CT molecular complexity index is 932. The molecule has 1 unspecified atom stereocenters. The molecular formula is C19H20N4O3S. The molecule has 0 saturated heterocycles. The number of nitrogens with one attached hydrogen (secondary N) is 2. The number of rotatable bonds is 6. The van der Waals surface area contributed by atoms with Crippen molar-refractivity contribution in [1.29, 1.82) is 0 Å². The standard InChI is InChI=1S/C19H20N4O3S/c24-16(20-9-8-17-22-14-6-1-2-7-15(14)27-17)11-26-19(25)13-5-3-4-12-10-21-23-18(12)13/h1-2,6-7,10,13H,3-5,8-9,11H2,(H,20,24)(H,21,23). The van der Waals surface area contributed by atoms with E-state index in [1.54, 1.807) is 17.5 Å². The zero-order valence-electron chi connectivity index (χ0n) is 14.7. The summed E-state index contributed by atoms with van der Waals surface area (Å²) in [6.07, 6.45) is 4.96. The minimum absolute atomic E-state index is 0.265. The predicted octanol–water partition coefficient (Wildman–Crippen LogP) is 2.34. The lowest BCUT2D eigenvalue weighted by Crippen LogP contribution is -2.32. The molecule has 2 N–H and O–H groups in total. The number of hydrogen-bond acceptors (Lipinski definition) is 6. The average Bonchev–Trinajstić information content (AvgIpc) is 3.32. The van der Waals surface area contributed by atoms with Crippen molar-refractivity contribution in [2.75, 3.05) is 13.2 Å². The number of fused-ring (bicyclic) bond motifs is 2. The van der Waals surface area contributed by atoms with E-state index in [4.69, 9.17) is 4.74 Å². The van der Waals surface area contributed by atoms with Gasteiger partial charge in [-0.2, -0.15) is 5.10 Å². The highest BCUT2D eigenvalue weighted by Crippen LogP contribution is 2.30. The number of ether oxygens (including phenoxy) is 1. The first-order valence-corrected chi connectivity index (χ1v) is 9.82. The average molecular weight is 384 g/mol. The van der Waals surface area contributed by atoms with Crippen molar-refractivity contribution in [3.05, 3.63) is 46.7 Å². The van der Waals surface area contributed by atoms with Gasteiger partial charge in [0.1, 0.15) is 0 Å². The first kappa shape index (κ1) is 17.7. The van der Waals surface area contributed by atoms with Crippen LogP contribution in [-0.4, -0.2) is 40.2 Å². The minimum atomic E-state index is -0.374. The van der Waals surface area contributed by atoms with Gasteiger partial charge in [-0.05, 0) is 37.0 Å². The van der Waals surface area contributed by atoms with Crippen LogP contribution >= 0.6 is 11.3 Å². The molecule has 0 fully saturated rings. The van der Waals surface area contributed by atoms with Crippen LogP contribution in [0, 0.1) is 0 Å². The molecule has 0 saturated carbocycles. The van der Waals surface area contributed by atoms with Gasteiger partial charge in [0.15, 0.2) is 6.61 Å². The summed E-state index contributed by atoms with van der Waals surface area (Å²) < 4.78 is 6.35. The van der Waals surface area contributed by atoms with Crippen LogP contribution in [0.2, 0.25) is 0 Å². The molecule has 1 aliphatic carbocycles. The van der Waals surface area contributed by atoms with E-state index in [1.807, 2.05) is 24.3 Å². The number of carbonyl (C=O) groups excluding carboxylic acids is 2. The summed E-state index contributed by atoms with van der Waals surface area (Å²) >= 11 is 1.62. The molecule has 1 aromatic carbocycles. The first-order valence-electron chi connectivity index (χ1n) is 9.00. The Morgan fingerprint density at radius 1 is 1.33 bits per heavy atom. The molecule has 1 aliphatic rings. The van der Waals surface area contributed by atoms with Crippen LogP contribution in [0.4, 0.5) is 0 Å². The summed E-state index contributed by atoms with van der Waals surface area (Å²) in [5.74, 6) is -1.03. The highest BCUT2D eigenvalue weighted by molar-refractivity contribution is 7.18. The molecule has 8 heteroatoms. The van der Waals surface area contributed by atoms with E-state index in [0.717, 1.165) is 39.3 Å². The van der Waals surface area contributed by atoms with Crippen molar-refractivity contribution in [1.82, 2.24) is 20.5 Å². The highest BCUT2D eigenvalue weighted by Gasteiger charge is 2.29. The van der Waals surface area contributed by atoms with Gasteiger partial charge in [0.05, 0.1) is 33.0 Å². The van der Waals surface area contributed by atoms with Crippen molar-refractivity contribution in [3.8, 4) is 0 Å². The maximum Gasteiger partial charge on any atom is 0.315 e. The Balaban J connectivity index is 1.22. The van der Waals surface area contributed by atoms with Gasteiger partial charge < -0.3 is 10.1 Å². The lowest BCUT2D eigenvalue weighted by atomic mass is 9.88. The Morgan fingerprint density at radius 2 is 2.22 bits per heavy atom. The monoisotopic (exact) mass is 384 g/mol. The fraction of sp³-hybridized carbons (Fsp3) is 0.368. The van der Waals surface area contributed by atoms with Crippen molar-refractivity contribution in [3.63, 3.8) is 0 Å². The van der Waals surface area contributed by atoms with E-state index in [-0.39, 0.29) is 24.4 Å². The zero-order chi connectivity index (χ0) is 18.6. The molecule has 0 spiro atoms. The third-order valence-electron chi connectivity index (χ3n) is 4.67. The molecule has 140 valence electrons. The normalized spacial score (nSPS) is 16.1. The summed E-state index contributed by atoms with van der Waals surface area (Å²) in [5, 5.41) is 10.6. The number of esters is 1. The zero-order valence-corrected chi connectivity index (χ0v) is 15.6. The molecule has 0 radical (unpaired) electrons. The summed E-state index contributed by atoms with van der Waals surface area (Å²) in [6, 6.07) is 7.95. The number of nitrogens with zero attached hydrogens (tertiary/aromatic N) is 2. The Hall–Kier alpha value is -2.74. The van der Waals surface area contributed by atoms with Gasteiger partial charge in [0, 0.05) is 13.0 Å². The van der Waals surface area contributed by atoms with Crippen molar-refractivity contribution in [2.45, 2.75) is 31.6 Å². The molecule has 27 heavy (non-hydrogen) atoms.